The van der Waals surface area contributed by atoms with Gasteiger partial charge in [0, 0.05) is 6.54 Å². The number of anilines is 1. The summed E-state index contributed by atoms with van der Waals surface area (Å²) < 4.78 is 32.1. The lowest BCUT2D eigenvalue weighted by atomic mass is 10.2. The average Bonchev–Trinajstić information content (AvgIpc) is 3.27. The molecular formula is C24H42N7O6P. The summed E-state index contributed by atoms with van der Waals surface area (Å²) in [6.45, 7) is 11.4. The van der Waals surface area contributed by atoms with Gasteiger partial charge in [0.05, 0.1) is 37.6 Å². The van der Waals surface area contributed by atoms with Gasteiger partial charge in [0.25, 0.3) is 0 Å². The molecule has 38 heavy (non-hydrogen) atoms. The number of rotatable bonds is 17. The van der Waals surface area contributed by atoms with Gasteiger partial charge in [0.1, 0.15) is 24.2 Å². The Morgan fingerprint density at radius 1 is 1.11 bits per heavy atom. The van der Waals surface area contributed by atoms with Crippen molar-refractivity contribution < 1.29 is 28.4 Å². The molecule has 0 aromatic carbocycles. The molecule has 2 heterocycles. The van der Waals surface area contributed by atoms with E-state index in [9.17, 15) is 14.2 Å². The van der Waals surface area contributed by atoms with Crippen molar-refractivity contribution in [3.05, 3.63) is 12.7 Å². The lowest BCUT2D eigenvalue weighted by Crippen LogP contribution is -2.40. The quantitative estimate of drug-likeness (QED) is 0.148. The van der Waals surface area contributed by atoms with E-state index >= 15 is 0 Å². The maximum Gasteiger partial charge on any atom is 0.323 e. The molecule has 2 aromatic heterocycles. The van der Waals surface area contributed by atoms with Crippen molar-refractivity contribution in [1.29, 1.82) is 0 Å². The average molecular weight is 556 g/mol. The summed E-state index contributed by atoms with van der Waals surface area (Å²) in [5.41, 5.74) is 6.90. The number of nitrogen functional groups attached to an aromatic ring is 1. The number of nitrogens with zero attached hydrogens (tertiary/aromatic N) is 4. The molecule has 0 spiro atoms. The summed E-state index contributed by atoms with van der Waals surface area (Å²) in [6, 6.07) is -0.857. The van der Waals surface area contributed by atoms with Crippen LogP contribution in [0, 0.1) is 5.92 Å². The molecule has 4 N–H and O–H groups in total. The zero-order valence-electron chi connectivity index (χ0n) is 23.2. The van der Waals surface area contributed by atoms with Crippen LogP contribution >= 0.6 is 7.44 Å². The van der Waals surface area contributed by atoms with Gasteiger partial charge in [-0.05, 0) is 34.1 Å². The summed E-state index contributed by atoms with van der Waals surface area (Å²) in [7, 11) is -3.50. The number of hydrogen-bond donors (Lipinski definition) is 3. The van der Waals surface area contributed by atoms with Crippen LogP contribution in [0.15, 0.2) is 12.7 Å². The molecule has 0 aliphatic rings. The van der Waals surface area contributed by atoms with Crippen LogP contribution in [0.1, 0.15) is 60.8 Å². The monoisotopic (exact) mass is 555 g/mol. The first-order valence-electron chi connectivity index (χ1n) is 13.0. The Hall–Kier alpha value is -2.60. The Kier molecular flexibility index (Phi) is 12.6. The van der Waals surface area contributed by atoms with Gasteiger partial charge in [-0.15, -0.1) is 0 Å². The van der Waals surface area contributed by atoms with Crippen molar-refractivity contribution in [3.63, 3.8) is 0 Å². The maximum atomic E-state index is 13.9. The van der Waals surface area contributed by atoms with Crippen molar-refractivity contribution in [3.8, 4) is 0 Å². The van der Waals surface area contributed by atoms with Gasteiger partial charge in [-0.25, -0.2) is 20.0 Å². The predicted octanol–water partition coefficient (Wildman–Crippen LogP) is 2.85. The largest absolute Gasteiger partial charge is 0.465 e. The fourth-order valence-corrected chi connectivity index (χ4v) is 5.48. The molecule has 0 aliphatic heterocycles. The Labute approximate surface area is 224 Å². The topological polar surface area (TPSA) is 173 Å². The van der Waals surface area contributed by atoms with Crippen molar-refractivity contribution >= 4 is 36.4 Å². The third-order valence-electron chi connectivity index (χ3n) is 5.58. The Morgan fingerprint density at radius 2 is 1.84 bits per heavy atom. The lowest BCUT2D eigenvalue weighted by Gasteiger charge is -2.26. The van der Waals surface area contributed by atoms with Crippen molar-refractivity contribution in [2.45, 2.75) is 85.6 Å². The Bertz CT molecular complexity index is 1100. The second-order valence-corrected chi connectivity index (χ2v) is 12.0. The number of carbonyl (C=O) groups is 2. The number of ether oxygens (including phenoxy) is 3. The smallest absolute Gasteiger partial charge is 0.323 e. The minimum absolute atomic E-state index is 0.0637. The molecule has 214 valence electrons. The van der Waals surface area contributed by atoms with Gasteiger partial charge < -0.3 is 24.5 Å². The highest BCUT2D eigenvalue weighted by atomic mass is 31.2. The number of imidazole rings is 1. The van der Waals surface area contributed by atoms with Gasteiger partial charge in [0.2, 0.25) is 7.44 Å². The second-order valence-electron chi connectivity index (χ2n) is 9.65. The third-order valence-corrected chi connectivity index (χ3v) is 7.59. The predicted molar refractivity (Wildman–Crippen MR) is 144 cm³/mol. The molecular weight excluding hydrogens is 513 g/mol. The van der Waals surface area contributed by atoms with E-state index in [2.05, 4.69) is 32.1 Å². The molecule has 0 radical (unpaired) electrons. The first-order chi connectivity index (χ1) is 18.0. The molecule has 13 nitrogen and oxygen atoms in total. The van der Waals surface area contributed by atoms with E-state index in [0.717, 1.165) is 19.3 Å². The fraction of sp³-hybridized carbons (Fsp3) is 0.708. The van der Waals surface area contributed by atoms with E-state index in [1.165, 1.54) is 6.33 Å². The number of hydrogen-bond acceptors (Lipinski definition) is 10. The molecule has 0 amide bonds. The van der Waals surface area contributed by atoms with Crippen LogP contribution in [0.3, 0.4) is 0 Å². The van der Waals surface area contributed by atoms with E-state index in [0.29, 0.717) is 24.3 Å². The number of unbranched alkanes of at least 4 members (excludes halogenated alkanes) is 2. The number of nitrogens with two attached hydrogens (primary N) is 1. The SMILES string of the molecule is CCCCCOC(=O)[C@H](C)N[P@@](=O)(CO[C@H](C)Cn1cnc2c(N)ncnc21)NC[C@H](C)C(=O)OC(C)C. The molecule has 14 heteroatoms. The van der Waals surface area contributed by atoms with Gasteiger partial charge in [-0.1, -0.05) is 26.7 Å². The van der Waals surface area contributed by atoms with E-state index < -0.39 is 37.4 Å². The zero-order valence-corrected chi connectivity index (χ0v) is 24.1. The highest BCUT2D eigenvalue weighted by molar-refractivity contribution is 7.59. The molecule has 2 rings (SSSR count). The van der Waals surface area contributed by atoms with Crippen molar-refractivity contribution in [1.82, 2.24) is 29.7 Å². The standard InChI is InChI=1S/C24H42N7O6P/c1-7-8-9-10-35-24(33)19(6)30-38(34,29-11-17(4)23(32)37-16(2)3)15-36-18(5)12-31-14-28-20-21(25)26-13-27-22(20)31/h13-14,16-19H,7-12,15H2,1-6H3,(H2,25,26,27)(H2,29,30,34)/t17-,18+,19-,38+/m0/s1. The van der Waals surface area contributed by atoms with Gasteiger partial charge in [0.15, 0.2) is 11.5 Å². The Morgan fingerprint density at radius 3 is 2.53 bits per heavy atom. The zero-order chi connectivity index (χ0) is 28.3. The normalized spacial score (nSPS) is 15.7. The van der Waals surface area contributed by atoms with Crippen LogP contribution in [0.4, 0.5) is 5.82 Å². The van der Waals surface area contributed by atoms with Gasteiger partial charge >= 0.3 is 11.9 Å². The lowest BCUT2D eigenvalue weighted by molar-refractivity contribution is -0.151. The number of fused-ring (bicyclic) bond motifs is 1. The van der Waals surface area contributed by atoms with Gasteiger partial charge in [-0.2, -0.15) is 0 Å². The highest BCUT2D eigenvalue weighted by Crippen LogP contribution is 2.37. The first-order valence-corrected chi connectivity index (χ1v) is 14.9. The van der Waals surface area contributed by atoms with Gasteiger partial charge in [-0.3, -0.25) is 19.2 Å². The van der Waals surface area contributed by atoms with E-state index in [1.807, 2.05) is 6.92 Å². The summed E-state index contributed by atoms with van der Waals surface area (Å²) in [5.74, 6) is -1.21. The van der Waals surface area contributed by atoms with Crippen LogP contribution in [-0.4, -0.2) is 69.2 Å². The van der Waals surface area contributed by atoms with Crippen LogP contribution < -0.4 is 15.9 Å². The summed E-state index contributed by atoms with van der Waals surface area (Å²) in [4.78, 5) is 37.1. The third kappa shape index (κ3) is 9.94. The molecule has 0 bridgehead atoms. The molecule has 0 saturated heterocycles. The van der Waals surface area contributed by atoms with E-state index in [4.69, 9.17) is 19.9 Å². The minimum atomic E-state index is -3.50. The summed E-state index contributed by atoms with van der Waals surface area (Å²) >= 11 is 0. The second kappa shape index (κ2) is 15.1. The first kappa shape index (κ1) is 31.6. The minimum Gasteiger partial charge on any atom is -0.465 e. The number of esters is 2. The molecule has 0 unspecified atom stereocenters. The van der Waals surface area contributed by atoms with E-state index in [-0.39, 0.29) is 24.8 Å². The molecule has 0 aliphatic carbocycles. The van der Waals surface area contributed by atoms with Crippen LogP contribution in [0.25, 0.3) is 11.2 Å². The highest BCUT2D eigenvalue weighted by Gasteiger charge is 2.30. The Balaban J connectivity index is 2.05. The number of carbonyl (C=O) groups excluding carboxylic acids is 2. The molecule has 0 fully saturated rings. The van der Waals surface area contributed by atoms with Crippen molar-refractivity contribution in [2.75, 3.05) is 25.2 Å². The van der Waals surface area contributed by atoms with Crippen LogP contribution in [0.5, 0.6) is 0 Å². The molecule has 4 atom stereocenters. The van der Waals surface area contributed by atoms with Crippen molar-refractivity contribution in [2.24, 2.45) is 5.92 Å². The van der Waals surface area contributed by atoms with E-state index in [1.54, 1.807) is 38.6 Å². The summed E-state index contributed by atoms with van der Waals surface area (Å²) in [6.07, 6.45) is 4.77. The van der Waals surface area contributed by atoms with Crippen LogP contribution in [0.2, 0.25) is 0 Å². The number of aromatic nitrogens is 4. The molecule has 0 saturated carbocycles. The van der Waals surface area contributed by atoms with Crippen LogP contribution in [-0.2, 0) is 34.9 Å². The number of nitrogens with one attached hydrogen (secondary N) is 2. The summed E-state index contributed by atoms with van der Waals surface area (Å²) in [5, 5.41) is 5.78. The fourth-order valence-electron chi connectivity index (χ4n) is 3.45. The maximum absolute atomic E-state index is 13.9. The molecule has 2 aromatic rings.